The fraction of sp³-hybridized carbons (Fsp3) is 0.333. The lowest BCUT2D eigenvalue weighted by molar-refractivity contribution is -0.137. The molecule has 0 aromatic heterocycles. The first-order chi connectivity index (χ1) is 14.2. The van der Waals surface area contributed by atoms with Gasteiger partial charge in [-0.25, -0.2) is 4.39 Å². The first kappa shape index (κ1) is 21.6. The Hall–Kier alpha value is -3.10. The second-order valence-electron chi connectivity index (χ2n) is 6.97. The second kappa shape index (κ2) is 9.15. The summed E-state index contributed by atoms with van der Waals surface area (Å²) in [5, 5.41) is 2.40. The van der Waals surface area contributed by atoms with Gasteiger partial charge >= 0.3 is 6.18 Å². The van der Waals surface area contributed by atoms with E-state index in [-0.39, 0.29) is 30.3 Å². The Kier molecular flexibility index (Phi) is 6.59. The number of nitrogens with zero attached hydrogens (tertiary/aromatic N) is 2. The third kappa shape index (κ3) is 5.71. The van der Waals surface area contributed by atoms with Crippen molar-refractivity contribution in [2.24, 2.45) is 0 Å². The van der Waals surface area contributed by atoms with Gasteiger partial charge in [0.15, 0.2) is 0 Å². The highest BCUT2D eigenvalue weighted by molar-refractivity contribution is 5.93. The normalized spacial score (nSPS) is 14.5. The molecule has 0 spiro atoms. The summed E-state index contributed by atoms with van der Waals surface area (Å²) in [6.07, 6.45) is -4.64. The van der Waals surface area contributed by atoms with Crippen LogP contribution in [0.5, 0.6) is 0 Å². The minimum atomic E-state index is -4.49. The molecule has 1 N–H and O–H groups in total. The van der Waals surface area contributed by atoms with Crippen LogP contribution in [-0.2, 0) is 15.8 Å². The third-order valence-electron chi connectivity index (χ3n) is 4.86. The van der Waals surface area contributed by atoms with E-state index in [0.717, 1.165) is 17.8 Å². The molecule has 2 aromatic rings. The average molecular weight is 423 g/mol. The van der Waals surface area contributed by atoms with E-state index >= 15 is 0 Å². The van der Waals surface area contributed by atoms with E-state index in [4.69, 9.17) is 0 Å². The number of piperazine rings is 1. The number of nitrogens with one attached hydrogen (secondary N) is 1. The van der Waals surface area contributed by atoms with Gasteiger partial charge in [-0.2, -0.15) is 13.2 Å². The van der Waals surface area contributed by atoms with Crippen LogP contribution >= 0.6 is 0 Å². The number of hydrogen-bond donors (Lipinski definition) is 1. The van der Waals surface area contributed by atoms with Gasteiger partial charge < -0.3 is 15.1 Å². The molecule has 2 amide bonds. The number of benzene rings is 2. The Morgan fingerprint density at radius 3 is 2.23 bits per heavy atom. The van der Waals surface area contributed by atoms with Crippen molar-refractivity contribution in [3.8, 4) is 0 Å². The zero-order chi connectivity index (χ0) is 21.7. The van der Waals surface area contributed by atoms with Crippen LogP contribution in [0.15, 0.2) is 48.5 Å². The van der Waals surface area contributed by atoms with Crippen LogP contribution in [0, 0.1) is 5.82 Å². The SMILES string of the molecule is O=C(CCC(=O)N1CCN(c2ccc(F)cc2)CC1)Nc1cccc(C(F)(F)F)c1. The summed E-state index contributed by atoms with van der Waals surface area (Å²) in [5.41, 5.74) is 0.0644. The Labute approximate surface area is 171 Å². The molecule has 1 saturated heterocycles. The van der Waals surface area contributed by atoms with Crippen LogP contribution in [0.1, 0.15) is 18.4 Å². The van der Waals surface area contributed by atoms with E-state index in [2.05, 4.69) is 5.32 Å². The van der Waals surface area contributed by atoms with Gasteiger partial charge in [0.05, 0.1) is 5.56 Å². The monoisotopic (exact) mass is 423 g/mol. The summed E-state index contributed by atoms with van der Waals surface area (Å²) in [7, 11) is 0. The van der Waals surface area contributed by atoms with Crippen LogP contribution in [0.25, 0.3) is 0 Å². The van der Waals surface area contributed by atoms with Crippen molar-refractivity contribution in [2.75, 3.05) is 36.4 Å². The van der Waals surface area contributed by atoms with Gasteiger partial charge in [-0.05, 0) is 42.5 Å². The minimum absolute atomic E-state index is 0.0264. The summed E-state index contributed by atoms with van der Waals surface area (Å²) >= 11 is 0. The number of anilines is 2. The van der Waals surface area contributed by atoms with Crippen molar-refractivity contribution in [3.63, 3.8) is 0 Å². The van der Waals surface area contributed by atoms with E-state index in [0.29, 0.717) is 26.2 Å². The molecule has 3 rings (SSSR count). The van der Waals surface area contributed by atoms with Crippen LogP contribution in [0.3, 0.4) is 0 Å². The van der Waals surface area contributed by atoms with Gasteiger partial charge in [0.2, 0.25) is 11.8 Å². The molecular weight excluding hydrogens is 402 g/mol. The molecule has 2 aromatic carbocycles. The smallest absolute Gasteiger partial charge is 0.368 e. The highest BCUT2D eigenvalue weighted by Gasteiger charge is 2.30. The topological polar surface area (TPSA) is 52.7 Å². The molecule has 1 heterocycles. The van der Waals surface area contributed by atoms with Crippen LogP contribution in [-0.4, -0.2) is 42.9 Å². The zero-order valence-corrected chi connectivity index (χ0v) is 16.1. The number of alkyl halides is 3. The average Bonchev–Trinajstić information content (AvgIpc) is 2.72. The molecule has 0 atom stereocenters. The summed E-state index contributed by atoms with van der Waals surface area (Å²) < 4.78 is 51.2. The predicted molar refractivity (Wildman–Crippen MR) is 105 cm³/mol. The summed E-state index contributed by atoms with van der Waals surface area (Å²) in [5.74, 6) is -1.02. The van der Waals surface area contributed by atoms with Gasteiger partial charge in [-0.1, -0.05) is 6.07 Å². The fourth-order valence-electron chi connectivity index (χ4n) is 3.24. The lowest BCUT2D eigenvalue weighted by Crippen LogP contribution is -2.48. The van der Waals surface area contributed by atoms with E-state index in [1.165, 1.54) is 24.3 Å². The van der Waals surface area contributed by atoms with Crippen molar-refractivity contribution < 1.29 is 27.2 Å². The van der Waals surface area contributed by atoms with Gasteiger partial charge in [-0.15, -0.1) is 0 Å². The predicted octanol–water partition coefficient (Wildman–Crippen LogP) is 3.91. The third-order valence-corrected chi connectivity index (χ3v) is 4.86. The molecule has 1 fully saturated rings. The maximum atomic E-state index is 13.0. The van der Waals surface area contributed by atoms with Crippen LogP contribution in [0.2, 0.25) is 0 Å². The molecule has 0 unspecified atom stereocenters. The molecule has 1 aliphatic heterocycles. The molecule has 0 saturated carbocycles. The molecule has 0 bridgehead atoms. The molecular formula is C21H21F4N3O2. The molecule has 0 aliphatic carbocycles. The van der Waals surface area contributed by atoms with E-state index in [1.54, 1.807) is 17.0 Å². The summed E-state index contributed by atoms with van der Waals surface area (Å²) in [4.78, 5) is 28.1. The van der Waals surface area contributed by atoms with Crippen LogP contribution < -0.4 is 10.2 Å². The van der Waals surface area contributed by atoms with Crippen molar-refractivity contribution >= 4 is 23.2 Å². The van der Waals surface area contributed by atoms with E-state index < -0.39 is 17.6 Å². The number of hydrogen-bond acceptors (Lipinski definition) is 3. The Morgan fingerprint density at radius 2 is 1.60 bits per heavy atom. The second-order valence-corrected chi connectivity index (χ2v) is 6.97. The number of halogens is 4. The summed E-state index contributed by atoms with van der Waals surface area (Å²) in [6.45, 7) is 2.14. The first-order valence-corrected chi connectivity index (χ1v) is 9.48. The van der Waals surface area contributed by atoms with Gasteiger partial charge in [0.1, 0.15) is 5.82 Å². The largest absolute Gasteiger partial charge is 0.416 e. The Morgan fingerprint density at radius 1 is 0.933 bits per heavy atom. The van der Waals surface area contributed by atoms with Crippen molar-refractivity contribution in [2.45, 2.75) is 19.0 Å². The molecule has 160 valence electrons. The number of carbonyl (C=O) groups excluding carboxylic acids is 2. The molecule has 5 nitrogen and oxygen atoms in total. The first-order valence-electron chi connectivity index (χ1n) is 9.48. The summed E-state index contributed by atoms with van der Waals surface area (Å²) in [6, 6.07) is 10.5. The lowest BCUT2D eigenvalue weighted by atomic mass is 10.2. The van der Waals surface area contributed by atoms with Gasteiger partial charge in [0, 0.05) is 50.4 Å². The van der Waals surface area contributed by atoms with Crippen molar-refractivity contribution in [1.82, 2.24) is 4.90 Å². The maximum absolute atomic E-state index is 13.0. The number of rotatable bonds is 5. The number of amides is 2. The van der Waals surface area contributed by atoms with Crippen LogP contribution in [0.4, 0.5) is 28.9 Å². The minimum Gasteiger partial charge on any atom is -0.368 e. The fourth-order valence-corrected chi connectivity index (χ4v) is 3.24. The highest BCUT2D eigenvalue weighted by Crippen LogP contribution is 2.30. The van der Waals surface area contributed by atoms with Crippen molar-refractivity contribution in [1.29, 1.82) is 0 Å². The zero-order valence-electron chi connectivity index (χ0n) is 16.1. The standard InChI is InChI=1S/C21H21F4N3O2/c22-16-4-6-18(7-5-16)27-10-12-28(13-11-27)20(30)9-8-19(29)26-17-3-1-2-15(14-17)21(23,24)25/h1-7,14H,8-13H2,(H,26,29). The molecule has 0 radical (unpaired) electrons. The van der Waals surface area contributed by atoms with Crippen molar-refractivity contribution in [3.05, 3.63) is 59.9 Å². The highest BCUT2D eigenvalue weighted by atomic mass is 19.4. The van der Waals surface area contributed by atoms with Gasteiger partial charge in [-0.3, -0.25) is 9.59 Å². The quantitative estimate of drug-likeness (QED) is 0.742. The molecule has 30 heavy (non-hydrogen) atoms. The number of carbonyl (C=O) groups is 2. The Bertz CT molecular complexity index is 892. The molecule has 9 heteroatoms. The maximum Gasteiger partial charge on any atom is 0.416 e. The van der Waals surface area contributed by atoms with E-state index in [1.807, 2.05) is 4.90 Å². The van der Waals surface area contributed by atoms with Gasteiger partial charge in [0.25, 0.3) is 0 Å². The lowest BCUT2D eigenvalue weighted by Gasteiger charge is -2.36. The van der Waals surface area contributed by atoms with E-state index in [9.17, 15) is 27.2 Å². The molecule has 1 aliphatic rings. The Balaban J connectivity index is 1.44.